The molecule has 0 saturated heterocycles. The summed E-state index contributed by atoms with van der Waals surface area (Å²) in [5.74, 6) is -0.574. The van der Waals surface area contributed by atoms with Crippen molar-refractivity contribution in [3.8, 4) is 28.3 Å². The van der Waals surface area contributed by atoms with Gasteiger partial charge in [-0.3, -0.25) is 0 Å². The maximum atomic E-state index is 12.1. The lowest BCUT2D eigenvalue weighted by atomic mass is 10.0. The molecule has 0 radical (unpaired) electrons. The van der Waals surface area contributed by atoms with Gasteiger partial charge in [-0.2, -0.15) is 5.26 Å². The first-order chi connectivity index (χ1) is 24.9. The Kier molecular flexibility index (Phi) is 11.7. The van der Waals surface area contributed by atoms with E-state index >= 15 is 0 Å². The van der Waals surface area contributed by atoms with E-state index in [0.29, 0.717) is 29.9 Å². The average molecular weight is 773 g/mol. The van der Waals surface area contributed by atoms with Crippen molar-refractivity contribution < 1.29 is 19.1 Å². The van der Waals surface area contributed by atoms with Gasteiger partial charge in [0.2, 0.25) is 0 Å². The molecule has 254 valence electrons. The Morgan fingerprint density at radius 2 is 1.16 bits per heavy atom. The monoisotopic (exact) mass is 771 g/mol. The number of benzene rings is 5. The Bertz CT molecular complexity index is 2390. The van der Waals surface area contributed by atoms with Crippen molar-refractivity contribution in [3.63, 3.8) is 0 Å². The fourth-order valence-electron chi connectivity index (χ4n) is 5.85. The summed E-state index contributed by atoms with van der Waals surface area (Å²) >= 11 is 7.05. The third-order valence-electron chi connectivity index (χ3n) is 8.13. The minimum absolute atomic E-state index is 0.274. The second-order valence-electron chi connectivity index (χ2n) is 11.6. The van der Waals surface area contributed by atoms with E-state index in [1.54, 1.807) is 34.8 Å². The molecular formula is C43H34BrNO4S2. The fourth-order valence-corrected chi connectivity index (χ4v) is 8.62. The number of ether oxygens (including phenoxy) is 2. The van der Waals surface area contributed by atoms with Crippen LogP contribution in [-0.4, -0.2) is 25.2 Å². The molecule has 0 amide bonds. The summed E-state index contributed by atoms with van der Waals surface area (Å²) in [6.07, 6.45) is 0.789. The molecule has 5 nitrogen and oxygen atoms in total. The van der Waals surface area contributed by atoms with Gasteiger partial charge in [0.05, 0.1) is 36.0 Å². The van der Waals surface area contributed by atoms with Gasteiger partial charge in [-0.15, -0.1) is 22.7 Å². The predicted molar refractivity (Wildman–Crippen MR) is 213 cm³/mol. The van der Waals surface area contributed by atoms with Crippen LogP contribution in [0.3, 0.4) is 0 Å². The standard InChI is InChI=1S/C25H19NO2S.C18H15BrO2S/c1-2-28-25(27)21-10-4-8-19(14-21)23-11-5-9-20-15-22(29-24(20)23)13-17-6-3-7-18(12-17)16-26;1-2-21-18(20)14-7-3-5-12(9-14)16-8-4-6-13-10-15(11-19)22-17(13)16/h3-12,14-15H,2,13H2,1H3;3-10H,2,11H2,1H3. The molecule has 0 unspecified atom stereocenters. The number of fused-ring (bicyclic) bond motifs is 2. The minimum atomic E-state index is -0.300. The average Bonchev–Trinajstić information content (AvgIpc) is 3.79. The molecule has 2 heterocycles. The normalized spacial score (nSPS) is 10.7. The Hall–Kier alpha value is -5.07. The van der Waals surface area contributed by atoms with Gasteiger partial charge in [0.25, 0.3) is 0 Å². The molecule has 0 fully saturated rings. The molecule has 7 aromatic rings. The zero-order valence-electron chi connectivity index (χ0n) is 28.2. The molecule has 7 rings (SSSR count). The number of carbonyl (C=O) groups excluding carboxylic acids is 2. The third kappa shape index (κ3) is 8.46. The number of carbonyl (C=O) groups is 2. The maximum absolute atomic E-state index is 12.1. The highest BCUT2D eigenvalue weighted by atomic mass is 79.9. The third-order valence-corrected chi connectivity index (χ3v) is 11.5. The number of esters is 2. The van der Waals surface area contributed by atoms with E-state index in [0.717, 1.165) is 39.6 Å². The number of nitrogens with zero attached hydrogens (tertiary/aromatic N) is 1. The van der Waals surface area contributed by atoms with E-state index in [9.17, 15) is 9.59 Å². The Morgan fingerprint density at radius 1 is 0.647 bits per heavy atom. The lowest BCUT2D eigenvalue weighted by Gasteiger charge is -2.06. The van der Waals surface area contributed by atoms with Crippen molar-refractivity contribution in [1.29, 1.82) is 5.26 Å². The molecule has 51 heavy (non-hydrogen) atoms. The van der Waals surface area contributed by atoms with Crippen molar-refractivity contribution in [1.82, 2.24) is 0 Å². The van der Waals surface area contributed by atoms with Crippen LogP contribution in [-0.2, 0) is 21.2 Å². The first-order valence-corrected chi connectivity index (χ1v) is 19.3. The molecule has 0 aliphatic carbocycles. The maximum Gasteiger partial charge on any atom is 0.338 e. The summed E-state index contributed by atoms with van der Waals surface area (Å²) in [5, 5.41) is 12.4. The van der Waals surface area contributed by atoms with Crippen LogP contribution >= 0.6 is 38.6 Å². The molecule has 0 atom stereocenters. The molecule has 0 spiro atoms. The number of alkyl halides is 1. The number of nitriles is 1. The van der Waals surface area contributed by atoms with E-state index < -0.39 is 0 Å². The van der Waals surface area contributed by atoms with E-state index in [1.165, 1.54) is 29.9 Å². The van der Waals surface area contributed by atoms with Crippen molar-refractivity contribution >= 4 is 70.7 Å². The van der Waals surface area contributed by atoms with Crippen LogP contribution in [0.2, 0.25) is 0 Å². The Morgan fingerprint density at radius 3 is 1.69 bits per heavy atom. The SMILES string of the molecule is CCOC(=O)c1cccc(-c2cccc3cc(CBr)sc23)c1.CCOC(=O)c1cccc(-c2cccc3cc(Cc4cccc(C#N)c4)sc23)c1. The van der Waals surface area contributed by atoms with E-state index in [2.05, 4.69) is 70.5 Å². The van der Waals surface area contributed by atoms with Gasteiger partial charge < -0.3 is 9.47 Å². The van der Waals surface area contributed by atoms with Gasteiger partial charge in [0.15, 0.2) is 0 Å². The first-order valence-electron chi connectivity index (χ1n) is 16.5. The van der Waals surface area contributed by atoms with Crippen molar-refractivity contribution in [2.75, 3.05) is 13.2 Å². The van der Waals surface area contributed by atoms with Gasteiger partial charge in [0.1, 0.15) is 0 Å². The van der Waals surface area contributed by atoms with Crippen molar-refractivity contribution in [3.05, 3.63) is 153 Å². The molecule has 2 aromatic heterocycles. The summed E-state index contributed by atoms with van der Waals surface area (Å²) in [5.41, 5.74) is 7.26. The van der Waals surface area contributed by atoms with E-state index in [1.807, 2.05) is 74.5 Å². The van der Waals surface area contributed by atoms with Crippen molar-refractivity contribution in [2.45, 2.75) is 25.6 Å². The summed E-state index contributed by atoms with van der Waals surface area (Å²) in [6, 6.07) is 42.1. The van der Waals surface area contributed by atoms with Gasteiger partial charge >= 0.3 is 11.9 Å². The molecule has 0 aliphatic rings. The van der Waals surface area contributed by atoms with Gasteiger partial charge in [-0.1, -0.05) is 88.7 Å². The second-order valence-corrected chi connectivity index (χ2v) is 14.4. The summed E-state index contributed by atoms with van der Waals surface area (Å²) in [7, 11) is 0. The smallest absolute Gasteiger partial charge is 0.338 e. The summed E-state index contributed by atoms with van der Waals surface area (Å²) in [4.78, 5) is 26.6. The van der Waals surface area contributed by atoms with Gasteiger partial charge in [-0.05, 0) is 101 Å². The Balaban J connectivity index is 0.000000183. The van der Waals surface area contributed by atoms with Gasteiger partial charge in [-0.25, -0.2) is 9.59 Å². The number of rotatable bonds is 9. The number of halogens is 1. The van der Waals surface area contributed by atoms with E-state index in [4.69, 9.17) is 14.7 Å². The van der Waals surface area contributed by atoms with Gasteiger partial charge in [0, 0.05) is 30.9 Å². The highest BCUT2D eigenvalue weighted by molar-refractivity contribution is 9.08. The highest BCUT2D eigenvalue weighted by Gasteiger charge is 2.13. The van der Waals surface area contributed by atoms with Crippen LogP contribution in [0.15, 0.2) is 121 Å². The minimum Gasteiger partial charge on any atom is -0.462 e. The van der Waals surface area contributed by atoms with Crippen LogP contribution in [0.5, 0.6) is 0 Å². The zero-order chi connectivity index (χ0) is 35.7. The second kappa shape index (κ2) is 16.8. The number of thiophene rings is 2. The molecule has 0 bridgehead atoms. The van der Waals surface area contributed by atoms with Crippen LogP contribution in [0, 0.1) is 11.3 Å². The quantitative estimate of drug-likeness (QED) is 0.108. The molecule has 8 heteroatoms. The van der Waals surface area contributed by atoms with E-state index in [-0.39, 0.29) is 11.9 Å². The molecule has 0 saturated carbocycles. The fraction of sp³-hybridized carbons (Fsp3) is 0.140. The Labute approximate surface area is 313 Å². The molecule has 0 aliphatic heterocycles. The summed E-state index contributed by atoms with van der Waals surface area (Å²) < 4.78 is 12.7. The first kappa shape index (κ1) is 35.7. The number of hydrogen-bond acceptors (Lipinski definition) is 7. The van der Waals surface area contributed by atoms with Crippen molar-refractivity contribution in [2.24, 2.45) is 0 Å². The highest BCUT2D eigenvalue weighted by Crippen LogP contribution is 2.37. The molecule has 5 aromatic carbocycles. The molecular weight excluding hydrogens is 739 g/mol. The number of hydrogen-bond donors (Lipinski definition) is 0. The largest absolute Gasteiger partial charge is 0.462 e. The lowest BCUT2D eigenvalue weighted by molar-refractivity contribution is 0.0517. The van der Waals surface area contributed by atoms with Crippen LogP contribution in [0.1, 0.15) is 55.4 Å². The van der Waals surface area contributed by atoms with Crippen LogP contribution in [0.25, 0.3) is 42.4 Å². The van der Waals surface area contributed by atoms with Crippen LogP contribution < -0.4 is 0 Å². The topological polar surface area (TPSA) is 76.4 Å². The van der Waals surface area contributed by atoms with Crippen LogP contribution in [0.4, 0.5) is 0 Å². The lowest BCUT2D eigenvalue weighted by Crippen LogP contribution is -2.04. The summed E-state index contributed by atoms with van der Waals surface area (Å²) in [6.45, 7) is 4.37. The predicted octanol–water partition coefficient (Wildman–Crippen LogP) is 11.8. The molecule has 0 N–H and O–H groups in total. The zero-order valence-corrected chi connectivity index (χ0v) is 31.4.